The summed E-state index contributed by atoms with van der Waals surface area (Å²) >= 11 is 0. The Morgan fingerprint density at radius 1 is 1.21 bits per heavy atom. The molecule has 1 unspecified atom stereocenters. The number of aliphatic imine (C=N–C) groups is 1. The number of aromatic nitrogens is 2. The van der Waals surface area contributed by atoms with Gasteiger partial charge in [0.1, 0.15) is 17.6 Å². The summed E-state index contributed by atoms with van der Waals surface area (Å²) < 4.78 is 11.1. The molecule has 206 valence electrons. The first-order valence-electron chi connectivity index (χ1n) is 13.0. The highest BCUT2D eigenvalue weighted by molar-refractivity contribution is 5.94. The smallest absolute Gasteiger partial charge is 0.424 e. The Balaban J connectivity index is 1.39. The number of fused-ring (bicyclic) bond motifs is 1. The molecule has 3 atom stereocenters. The highest BCUT2D eigenvalue weighted by Gasteiger charge is 2.34. The third kappa shape index (κ3) is 5.93. The minimum absolute atomic E-state index is 0.0862. The zero-order valence-electron chi connectivity index (χ0n) is 22.9. The van der Waals surface area contributed by atoms with Gasteiger partial charge < -0.3 is 19.9 Å². The van der Waals surface area contributed by atoms with E-state index >= 15 is 0 Å². The van der Waals surface area contributed by atoms with Crippen LogP contribution in [0.4, 0.5) is 10.6 Å². The van der Waals surface area contributed by atoms with Gasteiger partial charge in [0.15, 0.2) is 5.82 Å². The molecule has 0 bridgehead atoms. The maximum Gasteiger partial charge on any atom is 0.424 e. The van der Waals surface area contributed by atoms with Crippen molar-refractivity contribution in [2.24, 2.45) is 10.9 Å². The Morgan fingerprint density at radius 2 is 1.95 bits per heavy atom. The van der Waals surface area contributed by atoms with Crippen molar-refractivity contribution in [2.75, 3.05) is 33.6 Å². The molecule has 0 radical (unpaired) electrons. The number of anilines is 1. The van der Waals surface area contributed by atoms with E-state index in [0.717, 1.165) is 29.7 Å². The van der Waals surface area contributed by atoms with Crippen molar-refractivity contribution in [1.82, 2.24) is 20.2 Å². The van der Waals surface area contributed by atoms with Crippen LogP contribution < -0.4 is 10.1 Å². The Hall–Kier alpha value is -3.60. The molecule has 1 aromatic heterocycles. The zero-order chi connectivity index (χ0) is 27.6. The standard InChI is InChI=1S/C27H38N6O5/c1-15(2)28-14-21-19-10-17(11-20(19)24(37-6)13-23(21)34)26(35)29-25-12-22(30-31-25)16-7-8-18(9-16)38-27(36)33(5)32(3)4/h12-18,34H,7-11H2,1-6H3,(H2,29,30,31,35)/t16-,17?,18+/m0/s1. The number of nitrogens with one attached hydrogen (secondary N) is 2. The summed E-state index contributed by atoms with van der Waals surface area (Å²) in [6.07, 6.45) is 4.46. The average molecular weight is 527 g/mol. The number of phenols is 1. The molecule has 1 aromatic carbocycles. The van der Waals surface area contributed by atoms with E-state index < -0.39 is 0 Å². The fourth-order valence-electron chi connectivity index (χ4n) is 5.06. The predicted octanol–water partition coefficient (Wildman–Crippen LogP) is 3.49. The van der Waals surface area contributed by atoms with E-state index in [2.05, 4.69) is 20.5 Å². The summed E-state index contributed by atoms with van der Waals surface area (Å²) in [6, 6.07) is 3.53. The Kier molecular flexibility index (Phi) is 8.25. The van der Waals surface area contributed by atoms with Crippen molar-refractivity contribution < 1.29 is 24.2 Å². The van der Waals surface area contributed by atoms with Crippen LogP contribution in [0, 0.1) is 5.92 Å². The monoisotopic (exact) mass is 526 g/mol. The summed E-state index contributed by atoms with van der Waals surface area (Å²) in [5.41, 5.74) is 3.36. The van der Waals surface area contributed by atoms with Crippen LogP contribution in [0.3, 0.4) is 0 Å². The van der Waals surface area contributed by atoms with Gasteiger partial charge in [-0.1, -0.05) is 0 Å². The van der Waals surface area contributed by atoms with Crippen LogP contribution in [0.25, 0.3) is 0 Å². The lowest BCUT2D eigenvalue weighted by atomic mass is 10.0. The zero-order valence-corrected chi connectivity index (χ0v) is 22.9. The number of hydrogen-bond acceptors (Lipinski definition) is 8. The maximum atomic E-state index is 13.2. The van der Waals surface area contributed by atoms with E-state index in [1.807, 2.05) is 19.9 Å². The lowest BCUT2D eigenvalue weighted by Crippen LogP contribution is -2.40. The van der Waals surface area contributed by atoms with Gasteiger partial charge in [0.25, 0.3) is 0 Å². The Morgan fingerprint density at radius 3 is 2.63 bits per heavy atom. The van der Waals surface area contributed by atoms with Crippen LogP contribution in [0.5, 0.6) is 11.5 Å². The average Bonchev–Trinajstić information content (AvgIpc) is 3.62. The highest BCUT2D eigenvalue weighted by Crippen LogP contribution is 2.41. The fourth-order valence-corrected chi connectivity index (χ4v) is 5.06. The summed E-state index contributed by atoms with van der Waals surface area (Å²) in [5, 5.41) is 23.9. The van der Waals surface area contributed by atoms with Crippen LogP contribution in [-0.2, 0) is 22.4 Å². The number of amides is 2. The molecule has 0 saturated heterocycles. The van der Waals surface area contributed by atoms with E-state index in [1.54, 1.807) is 45.5 Å². The van der Waals surface area contributed by atoms with Gasteiger partial charge in [-0.25, -0.2) is 14.8 Å². The molecule has 3 N–H and O–H groups in total. The van der Waals surface area contributed by atoms with Crippen LogP contribution in [0.2, 0.25) is 0 Å². The molecular formula is C27H38N6O5. The van der Waals surface area contributed by atoms with E-state index in [4.69, 9.17) is 9.47 Å². The largest absolute Gasteiger partial charge is 0.507 e. The van der Waals surface area contributed by atoms with Gasteiger partial charge in [0.05, 0.1) is 7.11 Å². The van der Waals surface area contributed by atoms with E-state index in [-0.39, 0.29) is 41.7 Å². The molecular weight excluding hydrogens is 488 g/mol. The third-order valence-electron chi connectivity index (χ3n) is 7.33. The quantitative estimate of drug-likeness (QED) is 0.354. The Labute approximate surface area is 223 Å². The van der Waals surface area contributed by atoms with Gasteiger partial charge in [-0.2, -0.15) is 5.10 Å². The number of phenolic OH excluding ortho intramolecular Hbond substituents is 1. The highest BCUT2D eigenvalue weighted by atomic mass is 16.6. The van der Waals surface area contributed by atoms with Crippen LogP contribution in [-0.4, -0.2) is 83.9 Å². The van der Waals surface area contributed by atoms with E-state index in [1.165, 1.54) is 5.01 Å². The fraction of sp³-hybridized carbons (Fsp3) is 0.556. The summed E-state index contributed by atoms with van der Waals surface area (Å²) in [4.78, 5) is 29.9. The van der Waals surface area contributed by atoms with Crippen LogP contribution >= 0.6 is 0 Å². The number of carbonyl (C=O) groups excluding carboxylic acids is 2. The van der Waals surface area contributed by atoms with Gasteiger partial charge in [0, 0.05) is 68.6 Å². The molecule has 2 aliphatic carbocycles. The number of carbonyl (C=O) groups is 2. The minimum Gasteiger partial charge on any atom is -0.507 e. The number of aromatic amines is 1. The number of hydrogen-bond donors (Lipinski definition) is 3. The number of rotatable bonds is 8. The first kappa shape index (κ1) is 27.4. The lowest BCUT2D eigenvalue weighted by molar-refractivity contribution is -0.119. The van der Waals surface area contributed by atoms with Crippen molar-refractivity contribution in [3.63, 3.8) is 0 Å². The molecule has 2 aromatic rings. The number of methoxy groups -OCH3 is 1. The second-order valence-corrected chi connectivity index (χ2v) is 10.5. The number of ether oxygens (including phenoxy) is 2. The van der Waals surface area contributed by atoms with Crippen molar-refractivity contribution in [3.05, 3.63) is 34.5 Å². The van der Waals surface area contributed by atoms with Gasteiger partial charge in [-0.15, -0.1) is 0 Å². The van der Waals surface area contributed by atoms with Gasteiger partial charge in [-0.3, -0.25) is 14.9 Å². The van der Waals surface area contributed by atoms with Crippen LogP contribution in [0.1, 0.15) is 61.4 Å². The van der Waals surface area contributed by atoms with Crippen molar-refractivity contribution in [2.45, 2.75) is 64.0 Å². The second-order valence-electron chi connectivity index (χ2n) is 10.5. The lowest BCUT2D eigenvalue weighted by Gasteiger charge is -2.25. The molecule has 2 aliphatic rings. The molecule has 11 heteroatoms. The predicted molar refractivity (Wildman–Crippen MR) is 144 cm³/mol. The van der Waals surface area contributed by atoms with Gasteiger partial charge >= 0.3 is 6.09 Å². The second kappa shape index (κ2) is 11.4. The van der Waals surface area contributed by atoms with Crippen LogP contribution in [0.15, 0.2) is 17.1 Å². The first-order valence-corrected chi connectivity index (χ1v) is 13.0. The topological polar surface area (TPSA) is 132 Å². The molecule has 1 heterocycles. The molecule has 0 aliphatic heterocycles. The SMILES string of the molecule is COc1cc(O)c(C=NC(C)C)c2c1CC(C(=O)Nc1cc([C@H]3CC[C@@H](OC(=O)N(C)N(C)C)C3)[nH]n1)C2. The van der Waals surface area contributed by atoms with E-state index in [0.29, 0.717) is 36.4 Å². The van der Waals surface area contributed by atoms with Crippen molar-refractivity contribution in [3.8, 4) is 11.5 Å². The molecule has 1 fully saturated rings. The molecule has 11 nitrogen and oxygen atoms in total. The summed E-state index contributed by atoms with van der Waals surface area (Å²) in [5.74, 6) is 0.835. The summed E-state index contributed by atoms with van der Waals surface area (Å²) in [6.45, 7) is 3.93. The molecule has 2 amide bonds. The number of H-pyrrole nitrogens is 1. The summed E-state index contributed by atoms with van der Waals surface area (Å²) in [7, 11) is 6.79. The van der Waals surface area contributed by atoms with Gasteiger partial charge in [-0.05, 0) is 57.1 Å². The Bertz CT molecular complexity index is 1210. The molecule has 0 spiro atoms. The maximum absolute atomic E-state index is 13.2. The first-order chi connectivity index (χ1) is 18.1. The molecule has 1 saturated carbocycles. The van der Waals surface area contributed by atoms with E-state index in [9.17, 15) is 14.7 Å². The third-order valence-corrected chi connectivity index (χ3v) is 7.33. The van der Waals surface area contributed by atoms with Crippen molar-refractivity contribution in [1.29, 1.82) is 0 Å². The number of benzene rings is 1. The number of aromatic hydroxyl groups is 1. The van der Waals surface area contributed by atoms with Crippen molar-refractivity contribution >= 4 is 24.0 Å². The minimum atomic E-state index is -0.376. The normalized spacial score (nSPS) is 20.8. The number of hydrazine groups is 1. The molecule has 4 rings (SSSR count). The molecule has 38 heavy (non-hydrogen) atoms. The number of nitrogens with zero attached hydrogens (tertiary/aromatic N) is 4. The van der Waals surface area contributed by atoms with Gasteiger partial charge in [0.2, 0.25) is 5.91 Å².